The number of aliphatic hydroxyl groups is 1. The molecule has 7 nitrogen and oxygen atoms in total. The summed E-state index contributed by atoms with van der Waals surface area (Å²) in [7, 11) is 1.58. The second-order valence-electron chi connectivity index (χ2n) is 8.04. The van der Waals surface area contributed by atoms with Gasteiger partial charge in [-0.05, 0) is 43.2 Å². The van der Waals surface area contributed by atoms with Gasteiger partial charge in [0.15, 0.2) is 0 Å². The highest BCUT2D eigenvalue weighted by Gasteiger charge is 2.50. The molecule has 0 saturated heterocycles. The smallest absolute Gasteiger partial charge is 0.267 e. The summed E-state index contributed by atoms with van der Waals surface area (Å²) in [5, 5.41) is 19.8. The second-order valence-corrected chi connectivity index (χ2v) is 8.04. The summed E-state index contributed by atoms with van der Waals surface area (Å²) in [6.07, 6.45) is 0.166. The van der Waals surface area contributed by atoms with Gasteiger partial charge in [-0.1, -0.05) is 30.3 Å². The van der Waals surface area contributed by atoms with Crippen LogP contribution in [0, 0.1) is 12.8 Å². The fraction of sp³-hybridized carbons (Fsp3) is 0.304. The summed E-state index contributed by atoms with van der Waals surface area (Å²) in [6.45, 7) is 3.55. The lowest BCUT2D eigenvalue weighted by Gasteiger charge is -2.41. The molecule has 0 bridgehead atoms. The van der Waals surface area contributed by atoms with Crippen molar-refractivity contribution in [1.29, 1.82) is 0 Å². The average Bonchev–Trinajstić information content (AvgIpc) is 3.07. The van der Waals surface area contributed by atoms with Crippen LogP contribution in [0.2, 0.25) is 0 Å². The molecule has 1 aromatic heterocycles. The van der Waals surface area contributed by atoms with E-state index >= 15 is 0 Å². The Balaban J connectivity index is 1.82. The van der Waals surface area contributed by atoms with E-state index in [9.17, 15) is 14.7 Å². The molecule has 1 aliphatic carbocycles. The normalized spacial score (nSPS) is 22.9. The maximum atomic E-state index is 13.5. The Morgan fingerprint density at radius 2 is 1.87 bits per heavy atom. The number of fused-ring (bicyclic) bond motifs is 1. The SMILES string of the molecule is COc1ccc([C@@H]2c3c([nH][nH]c3=O)C[C@@](C)(O)[C@@H]2C(=O)Nc2ccccc2C)cc1. The summed E-state index contributed by atoms with van der Waals surface area (Å²) >= 11 is 0. The number of anilines is 1. The Kier molecular flexibility index (Phi) is 4.99. The minimum atomic E-state index is -1.37. The topological polar surface area (TPSA) is 107 Å². The number of carbonyl (C=O) groups excluding carboxylic acids is 1. The van der Waals surface area contributed by atoms with E-state index in [-0.39, 0.29) is 17.9 Å². The lowest BCUT2D eigenvalue weighted by atomic mass is 9.66. The molecule has 1 amide bonds. The van der Waals surface area contributed by atoms with Gasteiger partial charge in [0, 0.05) is 29.3 Å². The number of aromatic amines is 2. The molecule has 0 fully saturated rings. The van der Waals surface area contributed by atoms with E-state index in [1.54, 1.807) is 26.2 Å². The molecule has 30 heavy (non-hydrogen) atoms. The summed E-state index contributed by atoms with van der Waals surface area (Å²) in [5.74, 6) is -1.14. The molecule has 1 heterocycles. The van der Waals surface area contributed by atoms with Crippen molar-refractivity contribution in [3.8, 4) is 5.75 Å². The number of rotatable bonds is 4. The Morgan fingerprint density at radius 1 is 1.17 bits per heavy atom. The number of nitrogens with one attached hydrogen (secondary N) is 3. The zero-order valence-corrected chi connectivity index (χ0v) is 17.2. The molecule has 3 aromatic rings. The number of amides is 1. The van der Waals surface area contributed by atoms with Gasteiger partial charge in [0.1, 0.15) is 5.75 Å². The first-order chi connectivity index (χ1) is 14.3. The van der Waals surface area contributed by atoms with Crippen molar-refractivity contribution in [2.75, 3.05) is 12.4 Å². The van der Waals surface area contributed by atoms with Crippen LogP contribution in [-0.4, -0.2) is 33.9 Å². The van der Waals surface area contributed by atoms with Gasteiger partial charge in [-0.15, -0.1) is 0 Å². The number of hydrogen-bond donors (Lipinski definition) is 4. The summed E-state index contributed by atoms with van der Waals surface area (Å²) in [4.78, 5) is 26.1. The van der Waals surface area contributed by atoms with Crippen LogP contribution in [0.5, 0.6) is 5.75 Å². The monoisotopic (exact) mass is 407 g/mol. The number of para-hydroxylation sites is 1. The lowest BCUT2D eigenvalue weighted by molar-refractivity contribution is -0.130. The van der Waals surface area contributed by atoms with Gasteiger partial charge in [0.25, 0.3) is 5.56 Å². The lowest BCUT2D eigenvalue weighted by Crippen LogP contribution is -2.51. The first-order valence-electron chi connectivity index (χ1n) is 9.84. The van der Waals surface area contributed by atoms with E-state index < -0.39 is 17.4 Å². The standard InChI is InChI=1S/C23H25N3O4/c1-13-6-4-5-7-16(13)24-22(28)20-18(14-8-10-15(30-3)11-9-14)19-17(12-23(20,2)29)25-26-21(19)27/h4-11,18,20,29H,12H2,1-3H3,(H,24,28)(H2,25,26,27)/t18-,20+,23-/m1/s1. The number of methoxy groups -OCH3 is 1. The van der Waals surface area contributed by atoms with Crippen LogP contribution >= 0.6 is 0 Å². The van der Waals surface area contributed by atoms with Crippen molar-refractivity contribution in [3.05, 3.63) is 81.3 Å². The molecular weight excluding hydrogens is 382 g/mol. The number of ether oxygens (including phenoxy) is 1. The van der Waals surface area contributed by atoms with Crippen LogP contribution in [0.1, 0.15) is 35.2 Å². The highest BCUT2D eigenvalue weighted by atomic mass is 16.5. The molecule has 0 radical (unpaired) electrons. The minimum absolute atomic E-state index is 0.166. The first kappa shape index (κ1) is 20.0. The molecule has 0 spiro atoms. The average molecular weight is 407 g/mol. The first-order valence-corrected chi connectivity index (χ1v) is 9.84. The quantitative estimate of drug-likeness (QED) is 0.533. The van der Waals surface area contributed by atoms with Crippen LogP contribution < -0.4 is 15.6 Å². The predicted molar refractivity (Wildman–Crippen MR) is 114 cm³/mol. The third kappa shape index (κ3) is 3.41. The number of H-pyrrole nitrogens is 2. The predicted octanol–water partition coefficient (Wildman–Crippen LogP) is 2.71. The van der Waals surface area contributed by atoms with Crippen LogP contribution in [0.25, 0.3) is 0 Å². The van der Waals surface area contributed by atoms with Gasteiger partial charge in [-0.3, -0.25) is 14.7 Å². The molecule has 1 aliphatic rings. The van der Waals surface area contributed by atoms with Crippen molar-refractivity contribution < 1.29 is 14.6 Å². The van der Waals surface area contributed by atoms with E-state index in [1.165, 1.54) is 0 Å². The van der Waals surface area contributed by atoms with Crippen LogP contribution in [0.3, 0.4) is 0 Å². The second kappa shape index (κ2) is 7.50. The number of aryl methyl sites for hydroxylation is 1. The number of hydrogen-bond acceptors (Lipinski definition) is 4. The van der Waals surface area contributed by atoms with E-state index in [4.69, 9.17) is 4.74 Å². The summed E-state index contributed by atoms with van der Waals surface area (Å²) in [5.41, 5.74) is 1.81. The summed E-state index contributed by atoms with van der Waals surface area (Å²) < 4.78 is 5.24. The molecule has 0 unspecified atom stereocenters. The van der Waals surface area contributed by atoms with Gasteiger partial charge in [-0.25, -0.2) is 0 Å². The zero-order valence-electron chi connectivity index (χ0n) is 17.2. The molecule has 2 aromatic carbocycles. The fourth-order valence-electron chi connectivity index (χ4n) is 4.39. The molecule has 3 atom stereocenters. The van der Waals surface area contributed by atoms with Crippen LogP contribution in [0.15, 0.2) is 53.3 Å². The van der Waals surface area contributed by atoms with E-state index in [0.717, 1.165) is 11.1 Å². The van der Waals surface area contributed by atoms with Crippen molar-refractivity contribution in [2.45, 2.75) is 31.8 Å². The molecular formula is C23H25N3O4. The molecule has 4 rings (SSSR count). The maximum Gasteiger partial charge on any atom is 0.267 e. The minimum Gasteiger partial charge on any atom is -0.497 e. The van der Waals surface area contributed by atoms with Gasteiger partial charge in [0.2, 0.25) is 5.91 Å². The molecule has 0 aliphatic heterocycles. The van der Waals surface area contributed by atoms with Gasteiger partial charge in [-0.2, -0.15) is 0 Å². The number of carbonyl (C=O) groups is 1. The zero-order chi connectivity index (χ0) is 21.5. The number of aromatic nitrogens is 2. The Bertz CT molecular complexity index is 1130. The van der Waals surface area contributed by atoms with E-state index in [2.05, 4.69) is 15.5 Å². The Morgan fingerprint density at radius 3 is 2.53 bits per heavy atom. The van der Waals surface area contributed by atoms with Crippen LogP contribution in [0.4, 0.5) is 5.69 Å². The highest BCUT2D eigenvalue weighted by molar-refractivity contribution is 5.95. The van der Waals surface area contributed by atoms with Crippen LogP contribution in [-0.2, 0) is 11.2 Å². The van der Waals surface area contributed by atoms with Crippen molar-refractivity contribution >= 4 is 11.6 Å². The van der Waals surface area contributed by atoms with E-state index in [1.807, 2.05) is 43.3 Å². The molecule has 4 N–H and O–H groups in total. The molecule has 156 valence electrons. The van der Waals surface area contributed by atoms with Gasteiger partial charge in [0.05, 0.1) is 18.6 Å². The van der Waals surface area contributed by atoms with Gasteiger partial charge >= 0.3 is 0 Å². The molecule has 0 saturated carbocycles. The van der Waals surface area contributed by atoms with Crippen molar-refractivity contribution in [3.63, 3.8) is 0 Å². The Labute approximate surface area is 174 Å². The molecule has 7 heteroatoms. The summed E-state index contributed by atoms with van der Waals surface area (Å²) in [6, 6.07) is 14.7. The third-order valence-electron chi connectivity index (χ3n) is 5.91. The van der Waals surface area contributed by atoms with Crippen molar-refractivity contribution in [2.24, 2.45) is 5.92 Å². The van der Waals surface area contributed by atoms with E-state index in [0.29, 0.717) is 22.7 Å². The number of benzene rings is 2. The highest BCUT2D eigenvalue weighted by Crippen LogP contribution is 2.44. The fourth-order valence-corrected chi connectivity index (χ4v) is 4.39. The third-order valence-corrected chi connectivity index (χ3v) is 5.91. The van der Waals surface area contributed by atoms with Gasteiger partial charge < -0.3 is 20.3 Å². The van der Waals surface area contributed by atoms with Crippen molar-refractivity contribution in [1.82, 2.24) is 10.2 Å². The largest absolute Gasteiger partial charge is 0.497 e. The Hall–Kier alpha value is -3.32. The maximum absolute atomic E-state index is 13.5.